The van der Waals surface area contributed by atoms with Crippen LogP contribution in [-0.2, 0) is 19.1 Å². The first-order valence-corrected chi connectivity index (χ1v) is 6.15. The molecule has 0 spiro atoms. The van der Waals surface area contributed by atoms with Gasteiger partial charge in [0.05, 0.1) is 26.0 Å². The Morgan fingerprint density at radius 2 is 2.10 bits per heavy atom. The van der Waals surface area contributed by atoms with Crippen molar-refractivity contribution in [2.75, 3.05) is 20.3 Å². The Bertz CT molecular complexity index is 462. The molecule has 1 heterocycles. The average Bonchev–Trinajstić information content (AvgIpc) is 2.36. The highest BCUT2D eigenvalue weighted by Gasteiger charge is 2.53. The van der Waals surface area contributed by atoms with Gasteiger partial charge in [-0.3, -0.25) is 9.59 Å². The number of carbonyl (C=O) groups is 3. The van der Waals surface area contributed by atoms with Crippen LogP contribution < -0.4 is 5.73 Å². The van der Waals surface area contributed by atoms with Crippen LogP contribution in [0.3, 0.4) is 0 Å². The van der Waals surface area contributed by atoms with Crippen molar-refractivity contribution >= 4 is 23.7 Å². The molecule has 2 amide bonds. The predicted molar refractivity (Wildman–Crippen MR) is 69.6 cm³/mol. The van der Waals surface area contributed by atoms with E-state index in [1.807, 2.05) is 0 Å². The molecule has 0 saturated carbocycles. The van der Waals surface area contributed by atoms with Gasteiger partial charge in [0.2, 0.25) is 0 Å². The molecule has 0 fully saturated rings. The molecular weight excluding hydrogens is 266 g/mol. The molecule has 0 aliphatic carbocycles. The SMILES string of the molecule is CCOC(=O)[C@H]1C(C)=NN(C(N)=O)C[C@]1(C)C(=O)OC. The first-order valence-electron chi connectivity index (χ1n) is 6.15. The minimum absolute atomic E-state index is 0.143. The minimum atomic E-state index is -1.29. The predicted octanol–water partition coefficient (Wildman–Crippen LogP) is 0.115. The van der Waals surface area contributed by atoms with Gasteiger partial charge >= 0.3 is 18.0 Å². The molecule has 0 aromatic heterocycles. The second kappa shape index (κ2) is 5.89. The van der Waals surface area contributed by atoms with E-state index in [9.17, 15) is 14.4 Å². The lowest BCUT2D eigenvalue weighted by Gasteiger charge is -2.39. The summed E-state index contributed by atoms with van der Waals surface area (Å²) in [6.45, 7) is 4.76. The number of hydrogen-bond donors (Lipinski definition) is 1. The van der Waals surface area contributed by atoms with Crippen molar-refractivity contribution in [1.82, 2.24) is 5.01 Å². The van der Waals surface area contributed by atoms with E-state index in [0.29, 0.717) is 0 Å². The summed E-state index contributed by atoms with van der Waals surface area (Å²) in [5.74, 6) is -2.12. The zero-order chi connectivity index (χ0) is 15.5. The highest BCUT2D eigenvalue weighted by molar-refractivity contribution is 6.06. The zero-order valence-electron chi connectivity index (χ0n) is 12.0. The van der Waals surface area contributed by atoms with Crippen LogP contribution in [0.5, 0.6) is 0 Å². The number of urea groups is 1. The summed E-state index contributed by atoms with van der Waals surface area (Å²) in [4.78, 5) is 35.4. The van der Waals surface area contributed by atoms with Crippen LogP contribution in [0.1, 0.15) is 20.8 Å². The van der Waals surface area contributed by atoms with E-state index in [4.69, 9.17) is 15.2 Å². The number of carbonyl (C=O) groups excluding carboxylic acids is 3. The summed E-state index contributed by atoms with van der Waals surface area (Å²) < 4.78 is 9.72. The zero-order valence-corrected chi connectivity index (χ0v) is 12.0. The number of amides is 2. The van der Waals surface area contributed by atoms with Gasteiger partial charge in [0.15, 0.2) is 0 Å². The largest absolute Gasteiger partial charge is 0.469 e. The fraction of sp³-hybridized carbons (Fsp3) is 0.667. The number of rotatable bonds is 3. The van der Waals surface area contributed by atoms with Gasteiger partial charge in [0.25, 0.3) is 0 Å². The smallest absolute Gasteiger partial charge is 0.335 e. The minimum Gasteiger partial charge on any atom is -0.469 e. The van der Waals surface area contributed by atoms with Gasteiger partial charge in [-0.15, -0.1) is 0 Å². The Balaban J connectivity index is 3.27. The Kier molecular flexibility index (Phi) is 4.69. The van der Waals surface area contributed by atoms with Crippen LogP contribution in [0.15, 0.2) is 5.10 Å². The maximum absolute atomic E-state index is 12.1. The first-order chi connectivity index (χ1) is 9.27. The van der Waals surface area contributed by atoms with Gasteiger partial charge in [0.1, 0.15) is 11.3 Å². The molecule has 1 aliphatic rings. The van der Waals surface area contributed by atoms with Crippen molar-refractivity contribution in [2.24, 2.45) is 22.2 Å². The second-order valence-corrected chi connectivity index (χ2v) is 4.73. The van der Waals surface area contributed by atoms with Crippen molar-refractivity contribution < 1.29 is 23.9 Å². The fourth-order valence-corrected chi connectivity index (χ4v) is 2.35. The van der Waals surface area contributed by atoms with Crippen LogP contribution in [-0.4, -0.2) is 49.0 Å². The molecular formula is C12H19N3O5. The molecule has 1 aliphatic heterocycles. The van der Waals surface area contributed by atoms with E-state index >= 15 is 0 Å². The Morgan fingerprint density at radius 3 is 2.55 bits per heavy atom. The van der Waals surface area contributed by atoms with Crippen molar-refractivity contribution in [2.45, 2.75) is 20.8 Å². The Morgan fingerprint density at radius 1 is 1.50 bits per heavy atom. The monoisotopic (exact) mass is 285 g/mol. The molecule has 112 valence electrons. The van der Waals surface area contributed by atoms with Crippen molar-refractivity contribution in [3.8, 4) is 0 Å². The van der Waals surface area contributed by atoms with Gasteiger partial charge in [-0.05, 0) is 20.8 Å². The lowest BCUT2D eigenvalue weighted by molar-refractivity contribution is -0.164. The molecule has 8 heteroatoms. The molecule has 0 bridgehead atoms. The van der Waals surface area contributed by atoms with Crippen LogP contribution in [0, 0.1) is 11.3 Å². The van der Waals surface area contributed by atoms with E-state index in [1.165, 1.54) is 21.0 Å². The van der Waals surface area contributed by atoms with E-state index in [-0.39, 0.29) is 18.9 Å². The third-order valence-corrected chi connectivity index (χ3v) is 3.24. The molecule has 1 rings (SSSR count). The highest BCUT2D eigenvalue weighted by Crippen LogP contribution is 2.36. The van der Waals surface area contributed by atoms with E-state index in [2.05, 4.69) is 5.10 Å². The molecule has 2 N–H and O–H groups in total. The van der Waals surface area contributed by atoms with E-state index in [0.717, 1.165) is 5.01 Å². The lowest BCUT2D eigenvalue weighted by Crippen LogP contribution is -2.56. The van der Waals surface area contributed by atoms with Crippen LogP contribution in [0.25, 0.3) is 0 Å². The molecule has 0 radical (unpaired) electrons. The molecule has 0 unspecified atom stereocenters. The van der Waals surface area contributed by atoms with Crippen molar-refractivity contribution in [3.05, 3.63) is 0 Å². The Labute approximate surface area is 116 Å². The van der Waals surface area contributed by atoms with Crippen molar-refractivity contribution in [1.29, 1.82) is 0 Å². The van der Waals surface area contributed by atoms with Gasteiger partial charge in [0, 0.05) is 0 Å². The third-order valence-electron chi connectivity index (χ3n) is 3.24. The number of nitrogens with two attached hydrogens (primary N) is 1. The summed E-state index contributed by atoms with van der Waals surface area (Å²) >= 11 is 0. The summed E-state index contributed by atoms with van der Waals surface area (Å²) in [5.41, 5.74) is 4.17. The maximum Gasteiger partial charge on any atom is 0.335 e. The number of ether oxygens (including phenoxy) is 2. The maximum atomic E-state index is 12.1. The number of hydrazone groups is 1. The van der Waals surface area contributed by atoms with Crippen LogP contribution in [0.2, 0.25) is 0 Å². The highest BCUT2D eigenvalue weighted by atomic mass is 16.5. The number of esters is 2. The quantitative estimate of drug-likeness (QED) is 0.740. The summed E-state index contributed by atoms with van der Waals surface area (Å²) in [7, 11) is 1.21. The number of nitrogens with zero attached hydrogens (tertiary/aromatic N) is 2. The molecule has 8 nitrogen and oxygen atoms in total. The second-order valence-electron chi connectivity index (χ2n) is 4.73. The topological polar surface area (TPSA) is 111 Å². The number of primary amides is 1. The lowest BCUT2D eigenvalue weighted by atomic mass is 9.73. The van der Waals surface area contributed by atoms with E-state index in [1.54, 1.807) is 6.92 Å². The van der Waals surface area contributed by atoms with Crippen LogP contribution >= 0.6 is 0 Å². The Hall–Kier alpha value is -2.12. The molecule has 0 aromatic carbocycles. The summed E-state index contributed by atoms with van der Waals surface area (Å²) in [6, 6.07) is -0.804. The van der Waals surface area contributed by atoms with Gasteiger partial charge in [-0.2, -0.15) is 5.10 Å². The van der Waals surface area contributed by atoms with Crippen LogP contribution in [0.4, 0.5) is 4.79 Å². The standard InChI is InChI=1S/C12H19N3O5/c1-5-20-9(16)8-7(2)14-15(11(13)18)6-12(8,3)10(17)19-4/h8H,5-6H2,1-4H3,(H2,13,18)/t8-,12+/m1/s1. The molecule has 20 heavy (non-hydrogen) atoms. The number of methoxy groups -OCH3 is 1. The molecule has 0 saturated heterocycles. The molecule has 0 aromatic rings. The number of hydrogen-bond acceptors (Lipinski definition) is 6. The summed E-state index contributed by atoms with van der Waals surface area (Å²) in [5, 5.41) is 4.89. The fourth-order valence-electron chi connectivity index (χ4n) is 2.35. The summed E-state index contributed by atoms with van der Waals surface area (Å²) in [6.07, 6.45) is 0. The first kappa shape index (κ1) is 15.9. The molecule has 2 atom stereocenters. The third kappa shape index (κ3) is 2.73. The average molecular weight is 285 g/mol. The van der Waals surface area contributed by atoms with Gasteiger partial charge in [-0.1, -0.05) is 0 Å². The van der Waals surface area contributed by atoms with Gasteiger partial charge < -0.3 is 15.2 Å². The van der Waals surface area contributed by atoms with E-state index < -0.39 is 29.3 Å². The van der Waals surface area contributed by atoms with Gasteiger partial charge in [-0.25, -0.2) is 9.80 Å². The normalized spacial score (nSPS) is 25.7. The van der Waals surface area contributed by atoms with Crippen molar-refractivity contribution in [3.63, 3.8) is 0 Å².